The summed E-state index contributed by atoms with van der Waals surface area (Å²) in [6.45, 7) is 17.0. The van der Waals surface area contributed by atoms with Crippen LogP contribution in [-0.4, -0.2) is 94.8 Å². The maximum Gasteiger partial charge on any atom is 0.326 e. The predicted octanol–water partition coefficient (Wildman–Crippen LogP) is 6.95. The second kappa shape index (κ2) is 13.6. The van der Waals surface area contributed by atoms with E-state index in [4.69, 9.17) is 37.9 Å². The lowest BCUT2D eigenvalue weighted by molar-refractivity contribution is -0.136. The van der Waals surface area contributed by atoms with E-state index < -0.39 is 11.1 Å². The number of nitrogens with zero attached hydrogens (tertiary/aromatic N) is 6. The molecule has 2 atom stereocenters. The highest BCUT2D eigenvalue weighted by atomic mass is 35.5. The monoisotopic (exact) mass is 704 g/mol. The van der Waals surface area contributed by atoms with Crippen molar-refractivity contribution in [1.82, 2.24) is 24.6 Å². The molecule has 11 heteroatoms. The van der Waals surface area contributed by atoms with Crippen molar-refractivity contribution in [3.05, 3.63) is 93.2 Å². The first-order valence-electron chi connectivity index (χ1n) is 17.1. The molecule has 0 radical (unpaired) electrons. The number of carbonyl (C=O) groups is 2. The van der Waals surface area contributed by atoms with Crippen LogP contribution in [0.15, 0.2) is 65.8 Å². The van der Waals surface area contributed by atoms with Gasteiger partial charge < -0.3 is 14.5 Å². The number of benzene rings is 2. The summed E-state index contributed by atoms with van der Waals surface area (Å²) in [5, 5.41) is 1.21. The molecule has 1 aromatic heterocycles. The van der Waals surface area contributed by atoms with Gasteiger partial charge in [0.15, 0.2) is 0 Å². The molecule has 6 rings (SSSR count). The Bertz CT molecular complexity index is 1730. The van der Waals surface area contributed by atoms with Crippen molar-refractivity contribution in [3.8, 4) is 5.75 Å². The third-order valence-corrected chi connectivity index (χ3v) is 10.8. The first kappa shape index (κ1) is 35.2. The van der Waals surface area contributed by atoms with Crippen LogP contribution in [-0.2, 0) is 21.3 Å². The molecule has 0 N–H and O–H groups in total. The van der Waals surface area contributed by atoms with Gasteiger partial charge in [-0.15, -0.1) is 0 Å². The number of amidine groups is 1. The Labute approximate surface area is 299 Å². The van der Waals surface area contributed by atoms with E-state index in [1.807, 2.05) is 76.2 Å². The molecular formula is C38H46Cl2N6O3. The standard InChI is InChI=1S/C38H46Cl2N6O3/c1-7-49-31-23-32(36(2,3)4)41-24-30(31)34-42-37(5,26-9-13-28(39)14-10-26)38(6,27-11-15-29(40)16-12-27)46(34)35(48)45-21-19-43(20-22-45)25-33(47)44-17-8-18-44/h9-16,23-24H,7-8,17-22,25H2,1-6H3. The molecule has 4 heterocycles. The molecular weight excluding hydrogens is 659 g/mol. The SMILES string of the molecule is CCOc1cc(C(C)(C)C)ncc1C1=NC(C)(c2ccc(Cl)cc2)C(C)(c2ccc(Cl)cc2)N1C(=O)N1CCN(CC(=O)N2CCC2)CC1. The van der Waals surface area contributed by atoms with Crippen molar-refractivity contribution in [2.45, 2.75) is 64.5 Å². The summed E-state index contributed by atoms with van der Waals surface area (Å²) in [7, 11) is 0. The van der Waals surface area contributed by atoms with Gasteiger partial charge in [0.1, 0.15) is 22.7 Å². The number of urea groups is 1. The molecule has 9 nitrogen and oxygen atoms in total. The van der Waals surface area contributed by atoms with E-state index in [0.717, 1.165) is 36.3 Å². The van der Waals surface area contributed by atoms with Crippen molar-refractivity contribution in [2.24, 2.45) is 4.99 Å². The van der Waals surface area contributed by atoms with Crippen molar-refractivity contribution in [1.29, 1.82) is 0 Å². The van der Waals surface area contributed by atoms with Gasteiger partial charge >= 0.3 is 6.03 Å². The number of aromatic nitrogens is 1. The fourth-order valence-electron chi connectivity index (χ4n) is 6.95. The Morgan fingerprint density at radius 3 is 1.98 bits per heavy atom. The van der Waals surface area contributed by atoms with Crippen LogP contribution < -0.4 is 4.74 Å². The Morgan fingerprint density at radius 1 is 0.857 bits per heavy atom. The molecule has 0 saturated carbocycles. The van der Waals surface area contributed by atoms with Gasteiger partial charge in [0.2, 0.25) is 5.91 Å². The number of rotatable bonds is 7. The maximum atomic E-state index is 15.2. The molecule has 0 aliphatic carbocycles. The van der Waals surface area contributed by atoms with Gasteiger partial charge in [0.25, 0.3) is 0 Å². The lowest BCUT2D eigenvalue weighted by Gasteiger charge is -2.47. The third kappa shape index (κ3) is 6.53. The lowest BCUT2D eigenvalue weighted by atomic mass is 9.71. The summed E-state index contributed by atoms with van der Waals surface area (Å²) in [6.07, 6.45) is 2.86. The number of amides is 3. The highest BCUT2D eigenvalue weighted by molar-refractivity contribution is 6.30. The van der Waals surface area contributed by atoms with Gasteiger partial charge in [-0.2, -0.15) is 0 Å². The number of ether oxygens (including phenoxy) is 1. The second-order valence-corrected chi connectivity index (χ2v) is 15.3. The van der Waals surface area contributed by atoms with Crippen molar-refractivity contribution < 1.29 is 14.3 Å². The summed E-state index contributed by atoms with van der Waals surface area (Å²) in [6, 6.07) is 17.1. The smallest absolute Gasteiger partial charge is 0.326 e. The first-order chi connectivity index (χ1) is 23.3. The van der Waals surface area contributed by atoms with Gasteiger partial charge in [-0.1, -0.05) is 68.2 Å². The molecule has 0 spiro atoms. The van der Waals surface area contributed by atoms with E-state index in [2.05, 4.69) is 39.5 Å². The highest BCUT2D eigenvalue weighted by Gasteiger charge is 2.60. The van der Waals surface area contributed by atoms with Gasteiger partial charge in [-0.25, -0.2) is 4.79 Å². The minimum Gasteiger partial charge on any atom is -0.493 e. The number of hydrogen-bond acceptors (Lipinski definition) is 6. The van der Waals surface area contributed by atoms with Crippen LogP contribution in [0.2, 0.25) is 10.0 Å². The third-order valence-electron chi connectivity index (χ3n) is 10.3. The van der Waals surface area contributed by atoms with Gasteiger partial charge in [-0.3, -0.25) is 24.6 Å². The van der Waals surface area contributed by atoms with E-state index in [-0.39, 0.29) is 17.4 Å². The number of likely N-dealkylation sites (tertiary alicyclic amines) is 1. The van der Waals surface area contributed by atoms with Gasteiger partial charge in [0, 0.05) is 72.7 Å². The number of carbonyl (C=O) groups excluding carboxylic acids is 2. The Kier molecular flexibility index (Phi) is 9.74. The molecule has 2 fully saturated rings. The molecule has 2 unspecified atom stereocenters. The maximum absolute atomic E-state index is 15.2. The highest BCUT2D eigenvalue weighted by Crippen LogP contribution is 2.54. The molecule has 260 valence electrons. The average Bonchev–Trinajstić information content (AvgIpc) is 3.28. The molecule has 2 saturated heterocycles. The Hall–Kier alpha value is -3.66. The van der Waals surface area contributed by atoms with Crippen molar-refractivity contribution >= 4 is 41.0 Å². The summed E-state index contributed by atoms with van der Waals surface area (Å²) in [5.74, 6) is 1.25. The molecule has 3 aromatic rings. The fraction of sp³-hybridized carbons (Fsp3) is 0.474. The van der Waals surface area contributed by atoms with Gasteiger partial charge in [0.05, 0.1) is 18.7 Å². The van der Waals surface area contributed by atoms with Crippen LogP contribution >= 0.6 is 23.2 Å². The number of pyridine rings is 1. The lowest BCUT2D eigenvalue weighted by Crippen LogP contribution is -2.61. The zero-order valence-corrected chi connectivity index (χ0v) is 30.8. The fourth-order valence-corrected chi connectivity index (χ4v) is 7.20. The molecule has 0 bridgehead atoms. The van der Waals surface area contributed by atoms with Crippen LogP contribution in [0.25, 0.3) is 0 Å². The minimum absolute atomic E-state index is 0.156. The number of hydrogen-bond donors (Lipinski definition) is 0. The van der Waals surface area contributed by atoms with Crippen molar-refractivity contribution in [2.75, 3.05) is 52.4 Å². The zero-order valence-electron chi connectivity index (χ0n) is 29.3. The van der Waals surface area contributed by atoms with Crippen LogP contribution in [0, 0.1) is 0 Å². The normalized spacial score (nSPS) is 22.9. The topological polar surface area (TPSA) is 81.6 Å². The first-order valence-corrected chi connectivity index (χ1v) is 17.9. The van der Waals surface area contributed by atoms with E-state index in [1.54, 1.807) is 6.20 Å². The Morgan fingerprint density at radius 2 is 1.45 bits per heavy atom. The number of halogens is 2. The van der Waals surface area contributed by atoms with E-state index in [9.17, 15) is 4.79 Å². The second-order valence-electron chi connectivity index (χ2n) is 14.5. The molecule has 49 heavy (non-hydrogen) atoms. The number of piperazine rings is 1. The molecule has 3 amide bonds. The van der Waals surface area contributed by atoms with Crippen LogP contribution in [0.1, 0.15) is 70.3 Å². The summed E-state index contributed by atoms with van der Waals surface area (Å²) in [5.41, 5.74) is 1.08. The summed E-state index contributed by atoms with van der Waals surface area (Å²) < 4.78 is 6.27. The van der Waals surface area contributed by atoms with Crippen LogP contribution in [0.3, 0.4) is 0 Å². The number of aliphatic imine (C=N–C) groups is 1. The van der Waals surface area contributed by atoms with Gasteiger partial charge in [-0.05, 0) is 62.6 Å². The minimum atomic E-state index is -1.02. The van der Waals surface area contributed by atoms with E-state index in [1.165, 1.54) is 0 Å². The van der Waals surface area contributed by atoms with Crippen molar-refractivity contribution in [3.63, 3.8) is 0 Å². The summed E-state index contributed by atoms with van der Waals surface area (Å²) in [4.78, 5) is 46.0. The van der Waals surface area contributed by atoms with E-state index >= 15 is 4.79 Å². The largest absolute Gasteiger partial charge is 0.493 e. The zero-order chi connectivity index (χ0) is 35.1. The quantitative estimate of drug-likeness (QED) is 0.266. The average molecular weight is 706 g/mol. The van der Waals surface area contributed by atoms with Crippen LogP contribution in [0.5, 0.6) is 5.75 Å². The predicted molar refractivity (Wildman–Crippen MR) is 195 cm³/mol. The molecule has 3 aliphatic rings. The Balaban J connectivity index is 1.47. The van der Waals surface area contributed by atoms with Crippen LogP contribution in [0.4, 0.5) is 4.79 Å². The van der Waals surface area contributed by atoms with E-state index in [0.29, 0.717) is 66.5 Å². The molecule has 3 aliphatic heterocycles. The summed E-state index contributed by atoms with van der Waals surface area (Å²) >= 11 is 12.8. The molecule has 2 aromatic carbocycles.